The number of carbonyl (C=O) groups is 1. The van der Waals surface area contributed by atoms with Crippen LogP contribution >= 0.6 is 23.2 Å². The Morgan fingerprint density at radius 3 is 2.59 bits per heavy atom. The van der Waals surface area contributed by atoms with Crippen LogP contribution in [0.4, 0.5) is 5.69 Å². The van der Waals surface area contributed by atoms with Gasteiger partial charge in [0.2, 0.25) is 5.91 Å². The monoisotopic (exact) mass is 336 g/mol. The fourth-order valence-electron chi connectivity index (χ4n) is 2.17. The molecule has 1 amide bonds. The van der Waals surface area contributed by atoms with Crippen LogP contribution in [-0.2, 0) is 11.3 Å². The van der Waals surface area contributed by atoms with Crippen molar-refractivity contribution in [1.82, 2.24) is 4.90 Å². The molecule has 0 unspecified atom stereocenters. The van der Waals surface area contributed by atoms with Crippen LogP contribution in [0.1, 0.15) is 11.1 Å². The molecule has 116 valence electrons. The maximum absolute atomic E-state index is 12.0. The van der Waals surface area contributed by atoms with E-state index in [0.717, 1.165) is 16.8 Å². The maximum atomic E-state index is 12.0. The second-order valence-electron chi connectivity index (χ2n) is 5.34. The molecule has 1 N–H and O–H groups in total. The highest BCUT2D eigenvalue weighted by Crippen LogP contribution is 2.23. The first-order chi connectivity index (χ1) is 10.4. The van der Waals surface area contributed by atoms with E-state index in [0.29, 0.717) is 23.1 Å². The Bertz CT molecular complexity index is 673. The number of halogens is 2. The van der Waals surface area contributed by atoms with Crippen molar-refractivity contribution in [2.45, 2.75) is 13.5 Å². The van der Waals surface area contributed by atoms with Gasteiger partial charge < -0.3 is 5.32 Å². The Balaban J connectivity index is 1.89. The largest absolute Gasteiger partial charge is 0.325 e. The fraction of sp³-hybridized carbons (Fsp3) is 0.235. The summed E-state index contributed by atoms with van der Waals surface area (Å²) < 4.78 is 0. The van der Waals surface area contributed by atoms with Crippen LogP contribution in [0.15, 0.2) is 42.5 Å². The summed E-state index contributed by atoms with van der Waals surface area (Å²) in [6.45, 7) is 2.92. The number of anilines is 1. The van der Waals surface area contributed by atoms with E-state index in [1.165, 1.54) is 0 Å². The normalized spacial score (nSPS) is 10.8. The van der Waals surface area contributed by atoms with Gasteiger partial charge in [0, 0.05) is 12.2 Å². The molecule has 0 saturated heterocycles. The summed E-state index contributed by atoms with van der Waals surface area (Å²) >= 11 is 11.9. The van der Waals surface area contributed by atoms with Gasteiger partial charge in [0.05, 0.1) is 16.6 Å². The van der Waals surface area contributed by atoms with Crippen molar-refractivity contribution in [3.05, 3.63) is 63.6 Å². The van der Waals surface area contributed by atoms with Gasteiger partial charge in [-0.25, -0.2) is 0 Å². The van der Waals surface area contributed by atoms with E-state index < -0.39 is 0 Å². The molecular formula is C17H18Cl2N2O. The number of aryl methyl sites for hydroxylation is 1. The summed E-state index contributed by atoms with van der Waals surface area (Å²) in [5.41, 5.74) is 2.94. The maximum Gasteiger partial charge on any atom is 0.238 e. The lowest BCUT2D eigenvalue weighted by atomic mass is 10.2. The first kappa shape index (κ1) is 16.8. The molecule has 0 atom stereocenters. The van der Waals surface area contributed by atoms with Gasteiger partial charge in [0.1, 0.15) is 0 Å². The first-order valence-electron chi connectivity index (χ1n) is 6.93. The first-order valence-corrected chi connectivity index (χ1v) is 7.68. The Hall–Kier alpha value is -1.55. The van der Waals surface area contributed by atoms with Crippen LogP contribution in [-0.4, -0.2) is 24.4 Å². The van der Waals surface area contributed by atoms with Crippen molar-refractivity contribution >= 4 is 34.8 Å². The molecule has 0 heterocycles. The molecule has 0 saturated carbocycles. The second kappa shape index (κ2) is 7.63. The highest BCUT2D eigenvalue weighted by molar-refractivity contribution is 6.42. The zero-order chi connectivity index (χ0) is 16.1. The number of amides is 1. The number of hydrogen-bond donors (Lipinski definition) is 1. The highest BCUT2D eigenvalue weighted by atomic mass is 35.5. The third-order valence-electron chi connectivity index (χ3n) is 3.15. The summed E-state index contributed by atoms with van der Waals surface area (Å²) in [6, 6.07) is 13.2. The molecule has 0 aliphatic heterocycles. The summed E-state index contributed by atoms with van der Waals surface area (Å²) in [7, 11) is 1.89. The SMILES string of the molecule is Cc1cccc(NC(=O)CN(C)Cc2ccc(Cl)c(Cl)c2)c1. The number of nitrogens with one attached hydrogen (secondary N) is 1. The van der Waals surface area contributed by atoms with Gasteiger partial charge in [0.15, 0.2) is 0 Å². The minimum absolute atomic E-state index is 0.0480. The van der Waals surface area contributed by atoms with E-state index in [4.69, 9.17) is 23.2 Å². The molecule has 0 fully saturated rings. The average Bonchev–Trinajstić information content (AvgIpc) is 2.42. The molecule has 2 aromatic carbocycles. The van der Waals surface area contributed by atoms with Gasteiger partial charge in [-0.3, -0.25) is 9.69 Å². The zero-order valence-corrected chi connectivity index (χ0v) is 14.1. The minimum Gasteiger partial charge on any atom is -0.325 e. The van der Waals surface area contributed by atoms with Crippen LogP contribution in [0.5, 0.6) is 0 Å². The standard InChI is InChI=1S/C17H18Cl2N2O/c1-12-4-3-5-14(8-12)20-17(22)11-21(2)10-13-6-7-15(18)16(19)9-13/h3-9H,10-11H2,1-2H3,(H,20,22). The quantitative estimate of drug-likeness (QED) is 0.879. The van der Waals surface area contributed by atoms with E-state index in [9.17, 15) is 4.79 Å². The number of hydrogen-bond acceptors (Lipinski definition) is 2. The predicted molar refractivity (Wildman–Crippen MR) is 92.6 cm³/mol. The van der Waals surface area contributed by atoms with E-state index in [1.54, 1.807) is 6.07 Å². The van der Waals surface area contributed by atoms with E-state index >= 15 is 0 Å². The van der Waals surface area contributed by atoms with Gasteiger partial charge in [-0.1, -0.05) is 41.4 Å². The molecule has 3 nitrogen and oxygen atoms in total. The summed E-state index contributed by atoms with van der Waals surface area (Å²) in [5.74, 6) is -0.0480. The number of carbonyl (C=O) groups excluding carboxylic acids is 1. The summed E-state index contributed by atoms with van der Waals surface area (Å²) in [6.07, 6.45) is 0. The average molecular weight is 337 g/mol. The third kappa shape index (κ3) is 5.02. The predicted octanol–water partition coefficient (Wildman–Crippen LogP) is 4.37. The zero-order valence-electron chi connectivity index (χ0n) is 12.6. The summed E-state index contributed by atoms with van der Waals surface area (Å²) in [4.78, 5) is 14.0. The molecule has 0 aromatic heterocycles. The van der Waals surface area contributed by atoms with Gasteiger partial charge in [0.25, 0.3) is 0 Å². The Morgan fingerprint density at radius 1 is 1.14 bits per heavy atom. The molecule has 0 radical (unpaired) electrons. The fourth-order valence-corrected chi connectivity index (χ4v) is 2.49. The lowest BCUT2D eigenvalue weighted by Crippen LogP contribution is -2.29. The van der Waals surface area contributed by atoms with Crippen molar-refractivity contribution in [3.63, 3.8) is 0 Å². The van der Waals surface area contributed by atoms with Gasteiger partial charge in [-0.15, -0.1) is 0 Å². The number of likely N-dealkylation sites (N-methyl/N-ethyl adjacent to an activating group) is 1. The Morgan fingerprint density at radius 2 is 1.91 bits per heavy atom. The molecule has 2 aromatic rings. The van der Waals surface area contributed by atoms with Crippen molar-refractivity contribution in [3.8, 4) is 0 Å². The van der Waals surface area contributed by atoms with Crippen molar-refractivity contribution in [2.24, 2.45) is 0 Å². The topological polar surface area (TPSA) is 32.3 Å². The van der Waals surface area contributed by atoms with Crippen LogP contribution in [0.25, 0.3) is 0 Å². The second-order valence-corrected chi connectivity index (χ2v) is 6.15. The molecule has 0 aliphatic carbocycles. The Kier molecular flexibility index (Phi) is 5.83. The highest BCUT2D eigenvalue weighted by Gasteiger charge is 2.08. The van der Waals surface area contributed by atoms with Crippen molar-refractivity contribution in [2.75, 3.05) is 18.9 Å². The van der Waals surface area contributed by atoms with Gasteiger partial charge >= 0.3 is 0 Å². The van der Waals surface area contributed by atoms with Crippen LogP contribution in [0.2, 0.25) is 10.0 Å². The molecule has 5 heteroatoms. The van der Waals surface area contributed by atoms with Crippen molar-refractivity contribution < 1.29 is 4.79 Å². The molecular weight excluding hydrogens is 319 g/mol. The Labute approximate surface area is 140 Å². The lowest BCUT2D eigenvalue weighted by Gasteiger charge is -2.17. The van der Waals surface area contributed by atoms with Gasteiger partial charge in [-0.2, -0.15) is 0 Å². The van der Waals surface area contributed by atoms with Crippen LogP contribution < -0.4 is 5.32 Å². The van der Waals surface area contributed by atoms with E-state index in [1.807, 2.05) is 55.3 Å². The van der Waals surface area contributed by atoms with Gasteiger partial charge in [-0.05, 0) is 49.4 Å². The lowest BCUT2D eigenvalue weighted by molar-refractivity contribution is -0.117. The van der Waals surface area contributed by atoms with E-state index in [2.05, 4.69) is 5.32 Å². The molecule has 0 spiro atoms. The molecule has 0 bridgehead atoms. The third-order valence-corrected chi connectivity index (χ3v) is 3.89. The summed E-state index contributed by atoms with van der Waals surface area (Å²) in [5, 5.41) is 3.95. The van der Waals surface area contributed by atoms with Crippen LogP contribution in [0, 0.1) is 6.92 Å². The molecule has 0 aliphatic rings. The number of benzene rings is 2. The van der Waals surface area contributed by atoms with Crippen molar-refractivity contribution in [1.29, 1.82) is 0 Å². The number of nitrogens with zero attached hydrogens (tertiary/aromatic N) is 1. The van der Waals surface area contributed by atoms with Crippen LogP contribution in [0.3, 0.4) is 0 Å². The molecule has 22 heavy (non-hydrogen) atoms. The molecule has 2 rings (SSSR count). The number of rotatable bonds is 5. The minimum atomic E-state index is -0.0480. The smallest absolute Gasteiger partial charge is 0.238 e. The van der Waals surface area contributed by atoms with E-state index in [-0.39, 0.29) is 5.91 Å².